The molecule has 1 atom stereocenters. The maximum absolute atomic E-state index is 10.6. The molecule has 0 aliphatic carbocycles. The highest BCUT2D eigenvalue weighted by molar-refractivity contribution is 6.51. The Kier molecular flexibility index (Phi) is 6.23. The van der Waals surface area contributed by atoms with Gasteiger partial charge in [-0.2, -0.15) is 5.10 Å². The Morgan fingerprint density at radius 2 is 1.60 bits per heavy atom. The predicted molar refractivity (Wildman–Crippen MR) is 166 cm³/mol. The van der Waals surface area contributed by atoms with Crippen LogP contribution in [0.4, 0.5) is 22.9 Å². The lowest BCUT2D eigenvalue weighted by molar-refractivity contribution is 0.395. The number of anilines is 2. The third kappa shape index (κ3) is 4.31. The van der Waals surface area contributed by atoms with Gasteiger partial charge < -0.3 is 29.9 Å². The summed E-state index contributed by atoms with van der Waals surface area (Å²) in [5.74, 6) is 2.53. The lowest BCUT2D eigenvalue weighted by Crippen LogP contribution is -2.46. The van der Waals surface area contributed by atoms with Crippen molar-refractivity contribution in [3.05, 3.63) is 108 Å². The van der Waals surface area contributed by atoms with Crippen molar-refractivity contribution in [2.75, 3.05) is 24.4 Å². The van der Waals surface area contributed by atoms with E-state index in [1.807, 2.05) is 78.3 Å². The van der Waals surface area contributed by atoms with E-state index in [2.05, 4.69) is 10.2 Å². The SMILES string of the molecule is COc1ccc(NC2=Nc3ccccc3N3C2=Nc2c(c(C)nn2-c2ccccc2)C3c2ccc(O)c(O)c2)c(OC)c1. The number of hydrogen-bond donors (Lipinski definition) is 3. The van der Waals surface area contributed by atoms with Gasteiger partial charge in [0.25, 0.3) is 0 Å². The fraction of sp³-hybridized carbons (Fsp3) is 0.121. The molecule has 0 saturated heterocycles. The van der Waals surface area contributed by atoms with E-state index < -0.39 is 6.04 Å². The molecule has 43 heavy (non-hydrogen) atoms. The summed E-state index contributed by atoms with van der Waals surface area (Å²) >= 11 is 0. The van der Waals surface area contributed by atoms with E-state index in [0.717, 1.165) is 33.9 Å². The first-order valence-corrected chi connectivity index (χ1v) is 13.7. The van der Waals surface area contributed by atoms with Crippen LogP contribution in [0.2, 0.25) is 0 Å². The summed E-state index contributed by atoms with van der Waals surface area (Å²) in [6, 6.07) is 27.6. The lowest BCUT2D eigenvalue weighted by atomic mass is 9.93. The molecule has 7 rings (SSSR count). The van der Waals surface area contributed by atoms with Crippen molar-refractivity contribution in [2.24, 2.45) is 9.98 Å². The molecule has 3 heterocycles. The van der Waals surface area contributed by atoms with E-state index >= 15 is 0 Å². The zero-order chi connectivity index (χ0) is 29.7. The maximum atomic E-state index is 10.6. The standard InChI is InChI=1S/C33H28N6O4/c1-19-29-30(20-13-16-26(40)27(41)17-20)38-25-12-8-7-11-23(25)34-31(35-24-15-14-22(42-2)18-28(24)43-3)33(38)36-32(29)39(37-19)21-9-5-4-6-10-21/h4-18,30,40-41H,1-3H3,(H,34,35). The van der Waals surface area contributed by atoms with Crippen molar-refractivity contribution in [3.8, 4) is 28.7 Å². The number of nitrogens with zero attached hydrogens (tertiary/aromatic N) is 5. The number of aryl methyl sites for hydroxylation is 1. The van der Waals surface area contributed by atoms with E-state index in [9.17, 15) is 10.2 Å². The van der Waals surface area contributed by atoms with Crippen molar-refractivity contribution in [1.82, 2.24) is 9.78 Å². The average molecular weight is 573 g/mol. The number of fused-ring (bicyclic) bond motifs is 4. The first kappa shape index (κ1) is 26.1. The molecule has 2 aliphatic heterocycles. The molecule has 10 nitrogen and oxygen atoms in total. The van der Waals surface area contributed by atoms with Crippen LogP contribution in [-0.4, -0.2) is 45.9 Å². The molecule has 214 valence electrons. The summed E-state index contributed by atoms with van der Waals surface area (Å²) in [6.45, 7) is 1.96. The van der Waals surface area contributed by atoms with Crippen LogP contribution in [0, 0.1) is 6.92 Å². The number of ether oxygens (including phenoxy) is 2. The van der Waals surface area contributed by atoms with Crippen LogP contribution < -0.4 is 19.7 Å². The first-order chi connectivity index (χ1) is 21.0. The summed E-state index contributed by atoms with van der Waals surface area (Å²) in [4.78, 5) is 12.3. The van der Waals surface area contributed by atoms with E-state index in [0.29, 0.717) is 34.7 Å². The molecule has 0 fully saturated rings. The largest absolute Gasteiger partial charge is 0.504 e. The van der Waals surface area contributed by atoms with E-state index in [-0.39, 0.29) is 11.5 Å². The molecule has 5 aromatic rings. The number of nitrogens with one attached hydrogen (secondary N) is 1. The second-order valence-corrected chi connectivity index (χ2v) is 10.2. The van der Waals surface area contributed by atoms with Crippen LogP contribution in [0.3, 0.4) is 0 Å². The minimum Gasteiger partial charge on any atom is -0.504 e. The summed E-state index contributed by atoms with van der Waals surface area (Å²) in [5.41, 5.74) is 5.52. The van der Waals surface area contributed by atoms with Crippen LogP contribution in [0.25, 0.3) is 5.69 Å². The molecule has 0 spiro atoms. The minimum atomic E-state index is -0.460. The molecule has 0 bridgehead atoms. The Labute approximate surface area is 247 Å². The zero-order valence-electron chi connectivity index (χ0n) is 23.7. The molecule has 0 amide bonds. The number of benzene rings is 4. The summed E-state index contributed by atoms with van der Waals surface area (Å²) in [5, 5.41) is 29.1. The smallest absolute Gasteiger partial charge is 0.179 e. The predicted octanol–water partition coefficient (Wildman–Crippen LogP) is 6.40. The Balaban J connectivity index is 1.49. The highest BCUT2D eigenvalue weighted by Crippen LogP contribution is 2.49. The Morgan fingerprint density at radius 3 is 2.37 bits per heavy atom. The molecule has 10 heteroatoms. The van der Waals surface area contributed by atoms with Gasteiger partial charge in [0.1, 0.15) is 11.5 Å². The van der Waals surface area contributed by atoms with Crippen molar-refractivity contribution in [2.45, 2.75) is 13.0 Å². The highest BCUT2D eigenvalue weighted by atomic mass is 16.5. The second-order valence-electron chi connectivity index (χ2n) is 10.2. The summed E-state index contributed by atoms with van der Waals surface area (Å²) in [6.07, 6.45) is 0. The van der Waals surface area contributed by atoms with Gasteiger partial charge in [0.2, 0.25) is 0 Å². The van der Waals surface area contributed by atoms with Crippen molar-refractivity contribution >= 4 is 34.6 Å². The second kappa shape index (κ2) is 10.3. The van der Waals surface area contributed by atoms with Crippen LogP contribution >= 0.6 is 0 Å². The maximum Gasteiger partial charge on any atom is 0.179 e. The van der Waals surface area contributed by atoms with Gasteiger partial charge in [-0.25, -0.2) is 14.7 Å². The van der Waals surface area contributed by atoms with E-state index in [4.69, 9.17) is 24.6 Å². The monoisotopic (exact) mass is 572 g/mol. The number of phenols is 2. The quantitative estimate of drug-likeness (QED) is 0.209. The van der Waals surface area contributed by atoms with Gasteiger partial charge in [-0.05, 0) is 61.0 Å². The molecule has 2 aliphatic rings. The fourth-order valence-corrected chi connectivity index (χ4v) is 5.60. The zero-order valence-corrected chi connectivity index (χ0v) is 23.7. The van der Waals surface area contributed by atoms with Crippen LogP contribution in [0.1, 0.15) is 22.9 Å². The van der Waals surface area contributed by atoms with Crippen LogP contribution in [0.5, 0.6) is 23.0 Å². The topological polar surface area (TPSA) is 117 Å². The van der Waals surface area contributed by atoms with Gasteiger partial charge in [0.05, 0.1) is 48.7 Å². The van der Waals surface area contributed by atoms with Gasteiger partial charge in [-0.3, -0.25) is 0 Å². The molecular formula is C33H28N6O4. The van der Waals surface area contributed by atoms with E-state index in [1.54, 1.807) is 32.4 Å². The number of hydrogen-bond acceptors (Lipinski definition) is 9. The van der Waals surface area contributed by atoms with Gasteiger partial charge in [-0.1, -0.05) is 36.4 Å². The number of rotatable bonds is 5. The number of aromatic nitrogens is 2. The third-order valence-corrected chi connectivity index (χ3v) is 7.62. The van der Waals surface area contributed by atoms with Crippen molar-refractivity contribution < 1.29 is 19.7 Å². The number of aromatic hydroxyl groups is 2. The normalized spacial score (nSPS) is 15.0. The third-order valence-electron chi connectivity index (χ3n) is 7.62. The highest BCUT2D eigenvalue weighted by Gasteiger charge is 2.41. The van der Waals surface area contributed by atoms with Gasteiger partial charge >= 0.3 is 0 Å². The molecule has 3 N–H and O–H groups in total. The summed E-state index contributed by atoms with van der Waals surface area (Å²) < 4.78 is 12.9. The van der Waals surface area contributed by atoms with Crippen LogP contribution in [-0.2, 0) is 0 Å². The number of aliphatic imine (C=N–C) groups is 2. The Morgan fingerprint density at radius 1 is 0.814 bits per heavy atom. The van der Waals surface area contributed by atoms with Gasteiger partial charge in [0, 0.05) is 11.6 Å². The number of phenolic OH excluding ortho intramolecular Hbond substituents is 2. The molecule has 0 radical (unpaired) electrons. The molecule has 1 unspecified atom stereocenters. The summed E-state index contributed by atoms with van der Waals surface area (Å²) in [7, 11) is 3.21. The molecule has 0 saturated carbocycles. The van der Waals surface area contributed by atoms with E-state index in [1.165, 1.54) is 6.07 Å². The van der Waals surface area contributed by atoms with Gasteiger partial charge in [-0.15, -0.1) is 0 Å². The molecule has 4 aromatic carbocycles. The lowest BCUT2D eigenvalue weighted by Gasteiger charge is -2.40. The number of methoxy groups -OCH3 is 2. The fourth-order valence-electron chi connectivity index (χ4n) is 5.60. The van der Waals surface area contributed by atoms with Gasteiger partial charge in [0.15, 0.2) is 29.0 Å². The van der Waals surface area contributed by atoms with Crippen molar-refractivity contribution in [3.63, 3.8) is 0 Å². The Hall–Kier alpha value is -5.77. The molecule has 1 aromatic heterocycles. The minimum absolute atomic E-state index is 0.195. The van der Waals surface area contributed by atoms with Crippen LogP contribution in [0.15, 0.2) is 101 Å². The van der Waals surface area contributed by atoms with Crippen molar-refractivity contribution in [1.29, 1.82) is 0 Å². The number of amidine groups is 2. The Bertz CT molecular complexity index is 1930. The first-order valence-electron chi connectivity index (χ1n) is 13.7. The average Bonchev–Trinajstić information content (AvgIpc) is 3.37. The number of para-hydroxylation sites is 3. The molecular weight excluding hydrogens is 544 g/mol.